The Labute approximate surface area is 117 Å². The molecule has 1 amide bonds. The summed E-state index contributed by atoms with van der Waals surface area (Å²) in [4.78, 5) is 18.4. The number of hydrogen-bond acceptors (Lipinski definition) is 6. The summed E-state index contributed by atoms with van der Waals surface area (Å²) >= 11 is 0. The molecular formula is C13H21N5O2. The smallest absolute Gasteiger partial charge is 0.251 e. The molecule has 0 saturated carbocycles. The highest BCUT2D eigenvalue weighted by Crippen LogP contribution is 2.26. The van der Waals surface area contributed by atoms with Crippen LogP contribution in [0, 0.1) is 11.8 Å². The van der Waals surface area contributed by atoms with Crippen LogP contribution in [-0.4, -0.2) is 60.2 Å². The van der Waals surface area contributed by atoms with Crippen LogP contribution in [0.1, 0.15) is 6.92 Å². The van der Waals surface area contributed by atoms with E-state index < -0.39 is 0 Å². The van der Waals surface area contributed by atoms with Gasteiger partial charge in [-0.05, 0) is 23.6 Å². The summed E-state index contributed by atoms with van der Waals surface area (Å²) < 4.78 is 0. The topological polar surface area (TPSA) is 103 Å². The van der Waals surface area contributed by atoms with Crippen molar-refractivity contribution in [3.05, 3.63) is 11.8 Å². The molecule has 0 aromatic rings. The Bertz CT molecular complexity index is 475. The first-order valence-corrected chi connectivity index (χ1v) is 7.01. The number of nitrogens with two attached hydrogens (primary N) is 1. The number of aliphatic hydroxyl groups is 1. The van der Waals surface area contributed by atoms with Crippen molar-refractivity contribution in [2.45, 2.75) is 19.0 Å². The van der Waals surface area contributed by atoms with Gasteiger partial charge in [0.25, 0.3) is 5.91 Å². The largest absolute Gasteiger partial charge is 0.396 e. The Kier molecular flexibility index (Phi) is 3.39. The first-order chi connectivity index (χ1) is 9.58. The lowest BCUT2D eigenvalue weighted by atomic mass is 10.00. The van der Waals surface area contributed by atoms with Gasteiger partial charge in [0, 0.05) is 26.2 Å². The van der Waals surface area contributed by atoms with Gasteiger partial charge < -0.3 is 16.2 Å². The predicted octanol–water partition coefficient (Wildman–Crippen LogP) is -1.78. The Morgan fingerprint density at radius 2 is 2.35 bits per heavy atom. The van der Waals surface area contributed by atoms with E-state index in [4.69, 9.17) is 5.73 Å². The highest BCUT2D eigenvalue weighted by atomic mass is 16.3. The van der Waals surface area contributed by atoms with Gasteiger partial charge >= 0.3 is 0 Å². The molecule has 20 heavy (non-hydrogen) atoms. The zero-order chi connectivity index (χ0) is 14.3. The maximum atomic E-state index is 11.8. The van der Waals surface area contributed by atoms with E-state index in [2.05, 4.69) is 27.4 Å². The summed E-state index contributed by atoms with van der Waals surface area (Å²) in [6.07, 6.45) is 1.88. The number of nitrogens with zero attached hydrogens (tertiary/aromatic N) is 2. The molecule has 1 saturated heterocycles. The summed E-state index contributed by atoms with van der Waals surface area (Å²) in [5.74, 6) is 0.892. The number of hydrogen-bond donors (Lipinski definition) is 4. The molecule has 110 valence electrons. The molecule has 0 aliphatic carbocycles. The van der Waals surface area contributed by atoms with Crippen LogP contribution in [0.15, 0.2) is 16.8 Å². The van der Waals surface area contributed by atoms with Crippen molar-refractivity contribution in [1.82, 2.24) is 15.5 Å². The number of aliphatic hydroxyl groups excluding tert-OH is 1. The number of carbonyl (C=O) groups is 1. The Morgan fingerprint density at radius 3 is 3.05 bits per heavy atom. The molecule has 3 heterocycles. The summed E-state index contributed by atoms with van der Waals surface area (Å²) in [6.45, 7) is 5.01. The monoisotopic (exact) mass is 279 g/mol. The minimum atomic E-state index is -0.342. The number of aliphatic imine (C=N–C) groups is 1. The number of guanidine groups is 1. The molecule has 0 spiro atoms. The van der Waals surface area contributed by atoms with E-state index in [1.165, 1.54) is 0 Å². The molecule has 3 aliphatic heterocycles. The van der Waals surface area contributed by atoms with Crippen molar-refractivity contribution in [2.24, 2.45) is 22.6 Å². The van der Waals surface area contributed by atoms with E-state index in [1.54, 1.807) is 0 Å². The summed E-state index contributed by atoms with van der Waals surface area (Å²) in [5, 5.41) is 14.9. The maximum Gasteiger partial charge on any atom is 0.251 e. The number of likely N-dealkylation sites (tertiary alicyclic amines) is 1. The lowest BCUT2D eigenvalue weighted by Crippen LogP contribution is -2.55. The molecule has 4 atom stereocenters. The molecule has 7 heteroatoms. The number of rotatable bonds is 3. The Morgan fingerprint density at radius 1 is 1.55 bits per heavy atom. The van der Waals surface area contributed by atoms with Gasteiger partial charge in [-0.15, -0.1) is 0 Å². The fourth-order valence-corrected chi connectivity index (χ4v) is 3.26. The number of carbonyl (C=O) groups excluding carboxylic acids is 1. The quantitative estimate of drug-likeness (QED) is 0.489. The summed E-state index contributed by atoms with van der Waals surface area (Å²) in [7, 11) is 0. The fraction of sp³-hybridized carbons (Fsp3) is 0.692. The van der Waals surface area contributed by atoms with Crippen LogP contribution < -0.4 is 16.4 Å². The molecule has 0 aromatic heterocycles. The average molecular weight is 279 g/mol. The third-order valence-corrected chi connectivity index (χ3v) is 4.44. The predicted molar refractivity (Wildman–Crippen MR) is 74.7 cm³/mol. The van der Waals surface area contributed by atoms with Crippen LogP contribution in [0.4, 0.5) is 0 Å². The highest BCUT2D eigenvalue weighted by molar-refractivity contribution is 6.02. The van der Waals surface area contributed by atoms with Crippen molar-refractivity contribution in [1.29, 1.82) is 0 Å². The van der Waals surface area contributed by atoms with E-state index in [0.717, 1.165) is 25.2 Å². The second-order valence-electron chi connectivity index (χ2n) is 5.93. The van der Waals surface area contributed by atoms with Crippen molar-refractivity contribution in [2.75, 3.05) is 26.2 Å². The van der Waals surface area contributed by atoms with E-state index in [0.29, 0.717) is 11.8 Å². The second-order valence-corrected chi connectivity index (χ2v) is 5.93. The molecule has 0 radical (unpaired) electrons. The molecule has 1 fully saturated rings. The van der Waals surface area contributed by atoms with Crippen LogP contribution in [0.5, 0.6) is 0 Å². The fourth-order valence-electron chi connectivity index (χ4n) is 3.26. The summed E-state index contributed by atoms with van der Waals surface area (Å²) in [6, 6.07) is -0.543. The molecular weight excluding hydrogens is 258 g/mol. The van der Waals surface area contributed by atoms with Gasteiger partial charge in [-0.3, -0.25) is 15.0 Å². The first-order valence-electron chi connectivity index (χ1n) is 7.01. The first kappa shape index (κ1) is 13.4. The van der Waals surface area contributed by atoms with Crippen molar-refractivity contribution < 1.29 is 9.90 Å². The lowest BCUT2D eigenvalue weighted by molar-refractivity contribution is -0.121. The van der Waals surface area contributed by atoms with Gasteiger partial charge in [0.2, 0.25) is 0 Å². The van der Waals surface area contributed by atoms with Crippen molar-refractivity contribution in [3.8, 4) is 0 Å². The average Bonchev–Trinajstić information content (AvgIpc) is 2.94. The molecule has 0 aromatic carbocycles. The van der Waals surface area contributed by atoms with Crippen LogP contribution in [0.2, 0.25) is 0 Å². The van der Waals surface area contributed by atoms with Crippen molar-refractivity contribution in [3.63, 3.8) is 0 Å². The van der Waals surface area contributed by atoms with Crippen molar-refractivity contribution >= 4 is 11.9 Å². The zero-order valence-electron chi connectivity index (χ0n) is 11.5. The van der Waals surface area contributed by atoms with Crippen LogP contribution in [0.3, 0.4) is 0 Å². The molecule has 5 N–H and O–H groups in total. The van der Waals surface area contributed by atoms with E-state index >= 15 is 0 Å². The van der Waals surface area contributed by atoms with Gasteiger partial charge in [0.05, 0.1) is 0 Å². The minimum absolute atomic E-state index is 0.128. The summed E-state index contributed by atoms with van der Waals surface area (Å²) in [5.41, 5.74) is 6.72. The lowest BCUT2D eigenvalue weighted by Gasteiger charge is -2.25. The Hall–Kier alpha value is -1.60. The van der Waals surface area contributed by atoms with Gasteiger partial charge in [-0.25, -0.2) is 4.99 Å². The minimum Gasteiger partial charge on any atom is -0.396 e. The zero-order valence-corrected chi connectivity index (χ0v) is 11.5. The molecule has 0 bridgehead atoms. The standard InChI is InChI=1S/C13H21N5O2/c1-7-3-18(5-9(7)6-19)4-8-2-15-11-10(8)16-13(14)17-12(11)20/h2,7,9-11,15,19H,3-6H2,1H3,(H3,14,16,17,20). The third kappa shape index (κ3) is 2.27. The maximum absolute atomic E-state index is 11.8. The van der Waals surface area contributed by atoms with E-state index in [9.17, 15) is 9.90 Å². The molecule has 3 aliphatic rings. The highest BCUT2D eigenvalue weighted by Gasteiger charge is 2.39. The number of fused-ring (bicyclic) bond motifs is 1. The number of amides is 1. The van der Waals surface area contributed by atoms with Gasteiger partial charge in [-0.2, -0.15) is 0 Å². The number of nitrogens with one attached hydrogen (secondary N) is 2. The molecule has 4 unspecified atom stereocenters. The SMILES string of the molecule is CC1CN(CC2=CNC3C(=O)NC(N)=NC23)CC1CO. The molecule has 3 rings (SSSR count). The third-order valence-electron chi connectivity index (χ3n) is 4.44. The van der Waals surface area contributed by atoms with Gasteiger partial charge in [0.15, 0.2) is 5.96 Å². The van der Waals surface area contributed by atoms with E-state index in [-0.39, 0.29) is 30.6 Å². The Balaban J connectivity index is 1.67. The normalized spacial score (nSPS) is 37.0. The van der Waals surface area contributed by atoms with E-state index in [1.807, 2.05) is 6.20 Å². The van der Waals surface area contributed by atoms with Crippen LogP contribution in [0.25, 0.3) is 0 Å². The second kappa shape index (κ2) is 5.06. The van der Waals surface area contributed by atoms with Gasteiger partial charge in [-0.1, -0.05) is 6.92 Å². The van der Waals surface area contributed by atoms with Crippen LogP contribution >= 0.6 is 0 Å². The molecule has 7 nitrogen and oxygen atoms in total. The van der Waals surface area contributed by atoms with Gasteiger partial charge in [0.1, 0.15) is 12.1 Å². The van der Waals surface area contributed by atoms with Crippen LogP contribution in [-0.2, 0) is 4.79 Å².